The first-order valence-corrected chi connectivity index (χ1v) is 6.08. The average molecular weight is 234 g/mol. The van der Waals surface area contributed by atoms with Gasteiger partial charge in [-0.2, -0.15) is 0 Å². The second kappa shape index (κ2) is 7.07. The number of carbonyl (C=O) groups is 1. The second-order valence-corrected chi connectivity index (χ2v) is 4.44. The molecule has 0 fully saturated rings. The molecule has 1 amide bonds. The number of hydrogen-bond donors (Lipinski definition) is 1. The number of benzene rings is 1. The number of likely N-dealkylation sites (N-methyl/N-ethyl adjacent to an activating group) is 1. The summed E-state index contributed by atoms with van der Waals surface area (Å²) in [5, 5.41) is 2.99. The predicted octanol–water partition coefficient (Wildman–Crippen LogP) is 1.86. The van der Waals surface area contributed by atoms with Crippen LogP contribution < -0.4 is 5.32 Å². The van der Waals surface area contributed by atoms with Gasteiger partial charge < -0.3 is 10.2 Å². The molecular formula is C14H22N2O. The molecule has 1 unspecified atom stereocenters. The van der Waals surface area contributed by atoms with Crippen LogP contribution in [0.15, 0.2) is 30.3 Å². The van der Waals surface area contributed by atoms with E-state index in [9.17, 15) is 4.79 Å². The molecule has 0 aliphatic rings. The standard InChI is InChI=1S/C14H22N2O/c1-12(13-7-5-4-6-8-13)11-16(3)14(17)9-10-15-2/h4-8,12,15H,9-11H2,1-3H3. The lowest BCUT2D eigenvalue weighted by molar-refractivity contribution is -0.129. The van der Waals surface area contributed by atoms with Crippen LogP contribution in [0.5, 0.6) is 0 Å². The Kier molecular flexibility index (Phi) is 5.70. The summed E-state index contributed by atoms with van der Waals surface area (Å²) >= 11 is 0. The van der Waals surface area contributed by atoms with Crippen molar-refractivity contribution in [2.75, 3.05) is 27.2 Å². The highest BCUT2D eigenvalue weighted by Crippen LogP contribution is 2.15. The van der Waals surface area contributed by atoms with Crippen molar-refractivity contribution in [3.05, 3.63) is 35.9 Å². The Morgan fingerprint density at radius 1 is 1.35 bits per heavy atom. The van der Waals surface area contributed by atoms with E-state index in [0.717, 1.165) is 13.1 Å². The van der Waals surface area contributed by atoms with Gasteiger partial charge in [-0.05, 0) is 18.5 Å². The Balaban J connectivity index is 2.45. The Hall–Kier alpha value is -1.35. The van der Waals surface area contributed by atoms with Gasteiger partial charge in [0.05, 0.1) is 0 Å². The summed E-state index contributed by atoms with van der Waals surface area (Å²) in [5.74, 6) is 0.571. The van der Waals surface area contributed by atoms with E-state index >= 15 is 0 Å². The topological polar surface area (TPSA) is 32.3 Å². The van der Waals surface area contributed by atoms with Crippen LogP contribution in [0.25, 0.3) is 0 Å². The third kappa shape index (κ3) is 4.57. The van der Waals surface area contributed by atoms with Crippen LogP contribution in [0.3, 0.4) is 0 Å². The maximum Gasteiger partial charge on any atom is 0.223 e. The van der Waals surface area contributed by atoms with Crippen molar-refractivity contribution in [1.82, 2.24) is 10.2 Å². The molecular weight excluding hydrogens is 212 g/mol. The molecule has 0 aliphatic heterocycles. The zero-order valence-corrected chi connectivity index (χ0v) is 10.9. The fourth-order valence-electron chi connectivity index (χ4n) is 1.82. The van der Waals surface area contributed by atoms with Gasteiger partial charge in [0.25, 0.3) is 0 Å². The molecule has 1 N–H and O–H groups in total. The first-order chi connectivity index (χ1) is 8.15. The van der Waals surface area contributed by atoms with Crippen molar-refractivity contribution in [3.8, 4) is 0 Å². The van der Waals surface area contributed by atoms with E-state index in [2.05, 4.69) is 24.4 Å². The largest absolute Gasteiger partial charge is 0.345 e. The normalized spacial score (nSPS) is 12.2. The molecule has 0 saturated carbocycles. The molecule has 0 bridgehead atoms. The molecule has 1 atom stereocenters. The maximum absolute atomic E-state index is 11.8. The van der Waals surface area contributed by atoms with Crippen LogP contribution >= 0.6 is 0 Å². The molecule has 0 spiro atoms. The molecule has 0 radical (unpaired) electrons. The summed E-state index contributed by atoms with van der Waals surface area (Å²) in [7, 11) is 3.73. The van der Waals surface area contributed by atoms with E-state index in [1.807, 2.05) is 37.2 Å². The monoisotopic (exact) mass is 234 g/mol. The van der Waals surface area contributed by atoms with Crippen LogP contribution in [0.2, 0.25) is 0 Å². The van der Waals surface area contributed by atoms with Gasteiger partial charge in [0, 0.05) is 26.6 Å². The fraction of sp³-hybridized carbons (Fsp3) is 0.500. The Morgan fingerprint density at radius 3 is 2.59 bits per heavy atom. The summed E-state index contributed by atoms with van der Waals surface area (Å²) in [5.41, 5.74) is 1.28. The van der Waals surface area contributed by atoms with Crippen LogP contribution in [-0.4, -0.2) is 38.0 Å². The molecule has 1 aromatic rings. The lowest BCUT2D eigenvalue weighted by Crippen LogP contribution is -2.32. The van der Waals surface area contributed by atoms with Crippen molar-refractivity contribution in [1.29, 1.82) is 0 Å². The Morgan fingerprint density at radius 2 is 2.00 bits per heavy atom. The highest BCUT2D eigenvalue weighted by Gasteiger charge is 2.12. The predicted molar refractivity (Wildman–Crippen MR) is 71.0 cm³/mol. The number of nitrogens with one attached hydrogen (secondary N) is 1. The summed E-state index contributed by atoms with van der Waals surface area (Å²) in [4.78, 5) is 13.6. The van der Waals surface area contributed by atoms with Crippen LogP contribution in [0, 0.1) is 0 Å². The van der Waals surface area contributed by atoms with Gasteiger partial charge in [0.2, 0.25) is 5.91 Å². The Labute approximate surface area is 104 Å². The average Bonchev–Trinajstić information content (AvgIpc) is 2.36. The van der Waals surface area contributed by atoms with Crippen LogP contribution in [-0.2, 0) is 4.79 Å². The van der Waals surface area contributed by atoms with E-state index in [1.54, 1.807) is 0 Å². The molecule has 94 valence electrons. The van der Waals surface area contributed by atoms with E-state index in [0.29, 0.717) is 12.3 Å². The van der Waals surface area contributed by atoms with Gasteiger partial charge in [-0.15, -0.1) is 0 Å². The van der Waals surface area contributed by atoms with Gasteiger partial charge in [-0.3, -0.25) is 4.79 Å². The number of rotatable bonds is 6. The molecule has 1 aromatic carbocycles. The highest BCUT2D eigenvalue weighted by molar-refractivity contribution is 5.76. The van der Waals surface area contributed by atoms with Crippen LogP contribution in [0.4, 0.5) is 0 Å². The highest BCUT2D eigenvalue weighted by atomic mass is 16.2. The summed E-state index contributed by atoms with van der Waals surface area (Å²) in [6, 6.07) is 10.3. The minimum absolute atomic E-state index is 0.196. The van der Waals surface area contributed by atoms with E-state index in [-0.39, 0.29) is 5.91 Å². The van der Waals surface area contributed by atoms with Crippen molar-refractivity contribution < 1.29 is 4.79 Å². The smallest absolute Gasteiger partial charge is 0.223 e. The van der Waals surface area contributed by atoms with E-state index in [4.69, 9.17) is 0 Å². The molecule has 17 heavy (non-hydrogen) atoms. The van der Waals surface area contributed by atoms with Crippen molar-refractivity contribution in [2.24, 2.45) is 0 Å². The number of hydrogen-bond acceptors (Lipinski definition) is 2. The molecule has 0 heterocycles. The minimum Gasteiger partial charge on any atom is -0.345 e. The second-order valence-electron chi connectivity index (χ2n) is 4.44. The first-order valence-electron chi connectivity index (χ1n) is 6.08. The summed E-state index contributed by atoms with van der Waals surface area (Å²) < 4.78 is 0. The zero-order chi connectivity index (χ0) is 12.7. The zero-order valence-electron chi connectivity index (χ0n) is 10.9. The summed E-state index contributed by atoms with van der Waals surface area (Å²) in [6.45, 7) is 3.66. The van der Waals surface area contributed by atoms with Crippen LogP contribution in [0.1, 0.15) is 24.8 Å². The lowest BCUT2D eigenvalue weighted by Gasteiger charge is -2.22. The van der Waals surface area contributed by atoms with Crippen molar-refractivity contribution in [2.45, 2.75) is 19.3 Å². The molecule has 3 heteroatoms. The Bertz CT molecular complexity index is 337. The number of nitrogens with zero attached hydrogens (tertiary/aromatic N) is 1. The maximum atomic E-state index is 11.8. The van der Waals surface area contributed by atoms with Gasteiger partial charge >= 0.3 is 0 Å². The third-order valence-electron chi connectivity index (χ3n) is 2.93. The van der Waals surface area contributed by atoms with Crippen molar-refractivity contribution in [3.63, 3.8) is 0 Å². The first kappa shape index (κ1) is 13.7. The lowest BCUT2D eigenvalue weighted by atomic mass is 10.0. The van der Waals surface area contributed by atoms with E-state index in [1.165, 1.54) is 5.56 Å². The molecule has 0 saturated heterocycles. The SMILES string of the molecule is CNCCC(=O)N(C)CC(C)c1ccccc1. The molecule has 0 aliphatic carbocycles. The van der Waals surface area contributed by atoms with Crippen molar-refractivity contribution >= 4 is 5.91 Å². The van der Waals surface area contributed by atoms with Gasteiger partial charge in [0.15, 0.2) is 0 Å². The van der Waals surface area contributed by atoms with Gasteiger partial charge in [0.1, 0.15) is 0 Å². The number of amides is 1. The van der Waals surface area contributed by atoms with E-state index < -0.39 is 0 Å². The quantitative estimate of drug-likeness (QED) is 0.815. The summed E-state index contributed by atoms with van der Waals surface area (Å²) in [6.07, 6.45) is 0.564. The minimum atomic E-state index is 0.196. The van der Waals surface area contributed by atoms with Gasteiger partial charge in [-0.25, -0.2) is 0 Å². The third-order valence-corrected chi connectivity index (χ3v) is 2.93. The molecule has 1 rings (SSSR count). The molecule has 0 aromatic heterocycles. The molecule has 3 nitrogen and oxygen atoms in total. The van der Waals surface area contributed by atoms with Gasteiger partial charge in [-0.1, -0.05) is 37.3 Å². The number of carbonyl (C=O) groups excluding carboxylic acids is 1. The fourth-order valence-corrected chi connectivity index (χ4v) is 1.82.